The van der Waals surface area contributed by atoms with Gasteiger partial charge in [-0.05, 0) is 42.8 Å². The number of anilines is 1. The van der Waals surface area contributed by atoms with E-state index in [9.17, 15) is 31.1 Å². The van der Waals surface area contributed by atoms with Crippen LogP contribution >= 0.6 is 0 Å². The van der Waals surface area contributed by atoms with Gasteiger partial charge in [-0.2, -0.15) is 31.8 Å². The van der Waals surface area contributed by atoms with Crippen molar-refractivity contribution in [3.05, 3.63) is 59.7 Å². The van der Waals surface area contributed by atoms with E-state index in [4.69, 9.17) is 4.74 Å². The molecule has 0 aromatic heterocycles. The highest BCUT2D eigenvalue weighted by Gasteiger charge is 2.72. The maximum Gasteiger partial charge on any atom is 0.436 e. The number of amides is 1. The lowest BCUT2D eigenvalue weighted by molar-refractivity contribution is -0.312. The summed E-state index contributed by atoms with van der Waals surface area (Å²) in [5.41, 5.74) is -1.65. The lowest BCUT2D eigenvalue weighted by Gasteiger charge is -2.38. The Morgan fingerprint density at radius 3 is 1.93 bits per heavy atom. The lowest BCUT2D eigenvalue weighted by atomic mass is 10.1. The molecule has 0 spiro atoms. The zero-order chi connectivity index (χ0) is 21.9. The number of aryl methyl sites for hydroxylation is 1. The normalized spacial score (nSPS) is 12.4. The number of hydrogen-bond donors (Lipinski definition) is 3. The highest BCUT2D eigenvalue weighted by molar-refractivity contribution is 5.95. The van der Waals surface area contributed by atoms with Gasteiger partial charge in [-0.3, -0.25) is 4.79 Å². The predicted molar refractivity (Wildman–Crippen MR) is 93.2 cm³/mol. The summed E-state index contributed by atoms with van der Waals surface area (Å²) in [6.07, 6.45) is -11.9. The van der Waals surface area contributed by atoms with Gasteiger partial charge < -0.3 is 15.5 Å². The van der Waals surface area contributed by atoms with E-state index in [1.54, 1.807) is 6.07 Å². The van der Waals surface area contributed by atoms with Crippen molar-refractivity contribution in [2.24, 2.45) is 0 Å². The van der Waals surface area contributed by atoms with Crippen molar-refractivity contribution >= 4 is 11.6 Å². The fourth-order valence-corrected chi connectivity index (χ4v) is 2.33. The first-order valence-electron chi connectivity index (χ1n) is 8.10. The number of halogens is 6. The molecule has 0 fully saturated rings. The zero-order valence-electron chi connectivity index (χ0n) is 15.2. The van der Waals surface area contributed by atoms with Crippen molar-refractivity contribution in [1.82, 2.24) is 10.7 Å². The predicted octanol–water partition coefficient (Wildman–Crippen LogP) is 4.17. The maximum absolute atomic E-state index is 13.6. The average molecular weight is 421 g/mol. The Hall–Kier alpha value is -2.95. The zero-order valence-corrected chi connectivity index (χ0v) is 15.2. The van der Waals surface area contributed by atoms with E-state index >= 15 is 0 Å². The first-order valence-corrected chi connectivity index (χ1v) is 8.10. The Labute approximate surface area is 162 Å². The molecule has 0 heterocycles. The van der Waals surface area contributed by atoms with Crippen LogP contribution in [0.4, 0.5) is 32.0 Å². The summed E-state index contributed by atoms with van der Waals surface area (Å²) in [6, 6.07) is 10.3. The van der Waals surface area contributed by atoms with Gasteiger partial charge >= 0.3 is 18.0 Å². The number of hydrogen-bond acceptors (Lipinski definition) is 4. The van der Waals surface area contributed by atoms with Crippen LogP contribution in [0.15, 0.2) is 48.5 Å². The molecule has 3 N–H and O–H groups in total. The number of para-hydroxylation sites is 1. The number of nitrogens with one attached hydrogen (secondary N) is 3. The highest BCUT2D eigenvalue weighted by Crippen LogP contribution is 2.41. The molecule has 1 amide bonds. The largest absolute Gasteiger partial charge is 0.497 e. The molecule has 5 nitrogen and oxygen atoms in total. The molecule has 0 aliphatic carbocycles. The molecule has 2 aromatic rings. The van der Waals surface area contributed by atoms with Crippen LogP contribution in [0.2, 0.25) is 0 Å². The second-order valence-corrected chi connectivity index (χ2v) is 5.99. The van der Waals surface area contributed by atoms with Crippen LogP contribution in [0.3, 0.4) is 0 Å². The van der Waals surface area contributed by atoms with Crippen LogP contribution in [0.1, 0.15) is 15.9 Å². The molecule has 0 atom stereocenters. The second kappa shape index (κ2) is 8.19. The molecule has 0 saturated carbocycles. The molecule has 11 heteroatoms. The van der Waals surface area contributed by atoms with Crippen molar-refractivity contribution in [3.8, 4) is 5.75 Å². The van der Waals surface area contributed by atoms with Crippen molar-refractivity contribution in [3.63, 3.8) is 0 Å². The number of carbonyl (C=O) groups excluding carboxylic acids is 1. The van der Waals surface area contributed by atoms with Gasteiger partial charge in [0, 0.05) is 5.56 Å². The van der Waals surface area contributed by atoms with E-state index in [0.29, 0.717) is 5.56 Å². The van der Waals surface area contributed by atoms with Crippen LogP contribution in [0.5, 0.6) is 5.75 Å². The molecule has 0 aliphatic rings. The Morgan fingerprint density at radius 1 is 0.897 bits per heavy atom. The van der Waals surface area contributed by atoms with E-state index < -0.39 is 29.5 Å². The fraction of sp³-hybridized carbons (Fsp3) is 0.278. The summed E-state index contributed by atoms with van der Waals surface area (Å²) in [5.74, 6) is -1.31. The molecular formula is C18H17F6N3O2. The molecule has 0 saturated heterocycles. The van der Waals surface area contributed by atoms with Gasteiger partial charge in [0.05, 0.1) is 12.8 Å². The molecule has 0 unspecified atom stereocenters. The Bertz CT molecular complexity index is 836. The van der Waals surface area contributed by atoms with E-state index in [2.05, 4.69) is 0 Å². The molecule has 158 valence electrons. The van der Waals surface area contributed by atoms with Crippen molar-refractivity contribution < 1.29 is 35.9 Å². The van der Waals surface area contributed by atoms with Crippen molar-refractivity contribution in [2.75, 3.05) is 12.5 Å². The smallest absolute Gasteiger partial charge is 0.436 e. The third-order valence-corrected chi connectivity index (χ3v) is 4.03. The first-order chi connectivity index (χ1) is 13.4. The molecular weight excluding hydrogens is 404 g/mol. The summed E-state index contributed by atoms with van der Waals surface area (Å²) >= 11 is 0. The van der Waals surface area contributed by atoms with Gasteiger partial charge in [0.1, 0.15) is 5.75 Å². The number of hydrazine groups is 1. The second-order valence-electron chi connectivity index (χ2n) is 5.99. The summed E-state index contributed by atoms with van der Waals surface area (Å²) in [4.78, 5) is 12.2. The number of methoxy groups -OCH3 is 1. The number of benzene rings is 2. The van der Waals surface area contributed by atoms with Gasteiger partial charge in [0.15, 0.2) is 0 Å². The van der Waals surface area contributed by atoms with Crippen LogP contribution in [-0.4, -0.2) is 31.0 Å². The average Bonchev–Trinajstić information content (AvgIpc) is 2.64. The van der Waals surface area contributed by atoms with E-state index in [1.165, 1.54) is 49.8 Å². The van der Waals surface area contributed by atoms with E-state index in [-0.39, 0.29) is 11.4 Å². The number of carbonyl (C=O) groups is 1. The maximum atomic E-state index is 13.6. The highest BCUT2D eigenvalue weighted by atomic mass is 19.4. The van der Waals surface area contributed by atoms with Crippen molar-refractivity contribution in [2.45, 2.75) is 24.9 Å². The monoisotopic (exact) mass is 421 g/mol. The van der Waals surface area contributed by atoms with Crippen LogP contribution in [0, 0.1) is 6.92 Å². The topological polar surface area (TPSA) is 62.4 Å². The summed E-state index contributed by atoms with van der Waals surface area (Å²) < 4.78 is 86.5. The molecule has 0 aliphatic heterocycles. The third kappa shape index (κ3) is 4.73. The van der Waals surface area contributed by atoms with Crippen LogP contribution in [0.25, 0.3) is 0 Å². The molecule has 0 bridgehead atoms. The quantitative estimate of drug-likeness (QED) is 0.372. The minimum Gasteiger partial charge on any atom is -0.497 e. The van der Waals surface area contributed by atoms with Crippen molar-refractivity contribution in [1.29, 1.82) is 0 Å². The number of alkyl halides is 6. The van der Waals surface area contributed by atoms with E-state index in [1.807, 2.05) is 5.43 Å². The lowest BCUT2D eigenvalue weighted by Crippen LogP contribution is -2.76. The number of rotatable bonds is 6. The standard InChI is InChI=1S/C18H17F6N3O2/c1-11-5-3-4-6-14(11)26-27-16(17(19,20)21,18(22,23)24)25-15(28)12-7-9-13(29-2)10-8-12/h3-10,26-27H,1-2H3,(H,25,28). The fourth-order valence-electron chi connectivity index (χ4n) is 2.33. The van der Waals surface area contributed by atoms with E-state index in [0.717, 1.165) is 17.4 Å². The molecule has 2 rings (SSSR count). The van der Waals surface area contributed by atoms with Crippen LogP contribution in [-0.2, 0) is 0 Å². The Kier molecular flexibility index (Phi) is 6.31. The minimum atomic E-state index is -5.93. The SMILES string of the molecule is COc1ccc(C(=O)NC(NNc2ccccc2C)(C(F)(F)F)C(F)(F)F)cc1. The molecule has 2 aromatic carbocycles. The van der Waals surface area contributed by atoms with Crippen LogP contribution < -0.4 is 20.9 Å². The number of ether oxygens (including phenoxy) is 1. The summed E-state index contributed by atoms with van der Waals surface area (Å²) in [6.45, 7) is 1.49. The Morgan fingerprint density at radius 2 is 1.45 bits per heavy atom. The van der Waals surface area contributed by atoms with Gasteiger partial charge in [0.2, 0.25) is 0 Å². The van der Waals surface area contributed by atoms with Gasteiger partial charge in [-0.15, -0.1) is 0 Å². The van der Waals surface area contributed by atoms with Gasteiger partial charge in [-0.25, -0.2) is 0 Å². The van der Waals surface area contributed by atoms with Gasteiger partial charge in [0.25, 0.3) is 5.91 Å². The summed E-state index contributed by atoms with van der Waals surface area (Å²) in [7, 11) is 1.31. The first kappa shape index (κ1) is 22.3. The third-order valence-electron chi connectivity index (χ3n) is 4.03. The minimum absolute atomic E-state index is 0.0240. The molecule has 29 heavy (non-hydrogen) atoms. The summed E-state index contributed by atoms with van der Waals surface area (Å²) in [5, 5.41) is 1.05. The van der Waals surface area contributed by atoms with Gasteiger partial charge in [-0.1, -0.05) is 18.2 Å². The Balaban J connectivity index is 2.40. The molecule has 0 radical (unpaired) electrons.